The monoisotopic (exact) mass is 467 g/mol. The Labute approximate surface area is 192 Å². The van der Waals surface area contributed by atoms with E-state index < -0.39 is 76.0 Å². The molecular weight excluding hydrogens is 446 g/mol. The van der Waals surface area contributed by atoms with Gasteiger partial charge >= 0.3 is 0 Å². The van der Waals surface area contributed by atoms with E-state index in [0.29, 0.717) is 11.3 Å². The van der Waals surface area contributed by atoms with Gasteiger partial charge in [-0.2, -0.15) is 0 Å². The normalized spacial score (nSPS) is 30.7. The van der Waals surface area contributed by atoms with Crippen LogP contribution in [-0.4, -0.2) is 54.7 Å². The van der Waals surface area contributed by atoms with Crippen molar-refractivity contribution in [2.24, 2.45) is 17.6 Å². The van der Waals surface area contributed by atoms with Gasteiger partial charge in [-0.25, -0.2) is 0 Å². The third kappa shape index (κ3) is 2.54. The Balaban J connectivity index is 1.77. The number of hydrogen-bond donors (Lipinski definition) is 6. The third-order valence-electron chi connectivity index (χ3n) is 7.29. The minimum Gasteiger partial charge on any atom is -0.508 e. The molecule has 1 amide bonds. The smallest absolute Gasteiger partial charge is 0.255 e. The van der Waals surface area contributed by atoms with Gasteiger partial charge in [0.05, 0.1) is 23.5 Å². The number of ketones is 2. The van der Waals surface area contributed by atoms with Crippen LogP contribution in [0.4, 0.5) is 0 Å². The summed E-state index contributed by atoms with van der Waals surface area (Å²) in [6, 6.07) is 6.40. The van der Waals surface area contributed by atoms with Crippen molar-refractivity contribution in [1.82, 2.24) is 0 Å². The van der Waals surface area contributed by atoms with Gasteiger partial charge in [-0.05, 0) is 29.7 Å². The van der Waals surface area contributed by atoms with Crippen molar-refractivity contribution >= 4 is 23.2 Å². The average molecular weight is 467 g/mol. The van der Waals surface area contributed by atoms with E-state index in [9.17, 15) is 39.9 Å². The van der Waals surface area contributed by atoms with Gasteiger partial charge in [0.15, 0.2) is 11.4 Å². The van der Waals surface area contributed by atoms with Crippen molar-refractivity contribution in [3.63, 3.8) is 0 Å². The first-order valence-electron chi connectivity index (χ1n) is 10.6. The largest absolute Gasteiger partial charge is 0.508 e. The van der Waals surface area contributed by atoms with Crippen molar-refractivity contribution in [3.05, 3.63) is 58.6 Å². The van der Waals surface area contributed by atoms with E-state index in [-0.39, 0.29) is 16.9 Å². The van der Waals surface area contributed by atoms with Crippen LogP contribution in [0.2, 0.25) is 0 Å². The molecule has 2 aromatic rings. The first-order valence-corrected chi connectivity index (χ1v) is 10.6. The standard InChI is InChI=1S/C24H21NO9/c1-8-9-4-5-10(13-3-2-6-34-13)18(27)15(9)20(29)17-14(8)19(28)11-7-12(26)16(23(25)32)21(30)24(11,33)22(17)31/h2-6,8,11,14,19,27-30,33H,7H2,1H3,(H2,25,32)/t8-,11+,14+,19+,24+/m0/s1. The summed E-state index contributed by atoms with van der Waals surface area (Å²) in [5, 5.41) is 55.3. The van der Waals surface area contributed by atoms with E-state index in [0.717, 1.165) is 0 Å². The van der Waals surface area contributed by atoms with Gasteiger partial charge in [0.2, 0.25) is 5.78 Å². The van der Waals surface area contributed by atoms with Crippen LogP contribution in [0.3, 0.4) is 0 Å². The molecule has 0 radical (unpaired) electrons. The number of aliphatic hydroxyl groups excluding tert-OH is 3. The van der Waals surface area contributed by atoms with E-state index in [1.54, 1.807) is 31.2 Å². The number of aromatic hydroxyl groups is 1. The molecular formula is C24H21NO9. The second kappa shape index (κ2) is 7.05. The number of hydrogen-bond acceptors (Lipinski definition) is 9. The number of phenolic OH excluding ortho intramolecular Hbond substituents is 1. The van der Waals surface area contributed by atoms with Crippen LogP contribution < -0.4 is 5.73 Å². The molecule has 3 aliphatic carbocycles. The molecule has 1 heterocycles. The highest BCUT2D eigenvalue weighted by atomic mass is 16.4. The van der Waals surface area contributed by atoms with Crippen molar-refractivity contribution in [3.8, 4) is 17.1 Å². The molecule has 1 aromatic heterocycles. The number of rotatable bonds is 2. The van der Waals surface area contributed by atoms with Crippen molar-refractivity contribution in [2.45, 2.75) is 31.0 Å². The molecule has 176 valence electrons. The molecule has 34 heavy (non-hydrogen) atoms. The summed E-state index contributed by atoms with van der Waals surface area (Å²) in [4.78, 5) is 37.8. The zero-order valence-electron chi connectivity index (χ0n) is 17.8. The predicted molar refractivity (Wildman–Crippen MR) is 115 cm³/mol. The summed E-state index contributed by atoms with van der Waals surface area (Å²) in [6.45, 7) is 1.66. The number of furan rings is 1. The Morgan fingerprint density at radius 3 is 2.50 bits per heavy atom. The topological polar surface area (TPSA) is 192 Å². The van der Waals surface area contributed by atoms with Gasteiger partial charge in [0, 0.05) is 23.8 Å². The van der Waals surface area contributed by atoms with Gasteiger partial charge in [0.1, 0.15) is 28.6 Å². The van der Waals surface area contributed by atoms with Crippen molar-refractivity contribution < 1.29 is 44.3 Å². The molecule has 5 atom stereocenters. The lowest BCUT2D eigenvalue weighted by molar-refractivity contribution is -0.160. The fraction of sp³-hybridized carbons (Fsp3) is 0.292. The van der Waals surface area contributed by atoms with Crippen molar-refractivity contribution in [1.29, 1.82) is 0 Å². The second-order valence-electron chi connectivity index (χ2n) is 8.89. The zero-order chi connectivity index (χ0) is 24.7. The number of phenols is 1. The van der Waals surface area contributed by atoms with E-state index in [1.165, 1.54) is 6.26 Å². The summed E-state index contributed by atoms with van der Waals surface area (Å²) >= 11 is 0. The first-order chi connectivity index (χ1) is 16.0. The molecule has 1 saturated carbocycles. The van der Waals surface area contributed by atoms with Crippen LogP contribution in [-0.2, 0) is 14.4 Å². The van der Waals surface area contributed by atoms with E-state index in [1.807, 2.05) is 0 Å². The number of fused-ring (bicyclic) bond motifs is 3. The van der Waals surface area contributed by atoms with Gasteiger partial charge in [-0.3, -0.25) is 14.4 Å². The Kier molecular flexibility index (Phi) is 4.55. The Morgan fingerprint density at radius 1 is 1.18 bits per heavy atom. The van der Waals surface area contributed by atoms with Gasteiger partial charge < -0.3 is 35.7 Å². The SMILES string of the molecule is C[C@H]1c2ccc(-c3ccco3)c(O)c2C(O)=C2C(=O)[C@]3(O)C(O)=C(C(N)=O)C(=O)C[C@@H]3[C@@H](O)[C@@H]21. The van der Waals surface area contributed by atoms with Crippen LogP contribution >= 0.6 is 0 Å². The molecule has 7 N–H and O–H groups in total. The lowest BCUT2D eigenvalue weighted by atomic mass is 9.55. The van der Waals surface area contributed by atoms with Crippen LogP contribution in [0.15, 0.2) is 51.9 Å². The molecule has 0 bridgehead atoms. The van der Waals surface area contributed by atoms with Gasteiger partial charge in [-0.1, -0.05) is 13.0 Å². The Hall–Kier alpha value is -3.89. The first kappa shape index (κ1) is 21.9. The molecule has 1 fully saturated rings. The molecule has 1 aromatic carbocycles. The van der Waals surface area contributed by atoms with Crippen molar-refractivity contribution in [2.75, 3.05) is 0 Å². The van der Waals surface area contributed by atoms with Crippen LogP contribution in [0.25, 0.3) is 17.1 Å². The number of carbonyl (C=O) groups excluding carboxylic acids is 3. The highest BCUT2D eigenvalue weighted by Gasteiger charge is 2.64. The third-order valence-corrected chi connectivity index (χ3v) is 7.29. The minimum atomic E-state index is -2.86. The molecule has 3 aliphatic rings. The zero-order valence-corrected chi connectivity index (χ0v) is 17.8. The number of primary amides is 1. The summed E-state index contributed by atoms with van der Waals surface area (Å²) in [6.07, 6.45) is -0.772. The molecule has 10 heteroatoms. The van der Waals surface area contributed by atoms with Gasteiger partial charge in [0.25, 0.3) is 5.91 Å². The molecule has 0 unspecified atom stereocenters. The van der Waals surface area contributed by atoms with Crippen LogP contribution in [0, 0.1) is 11.8 Å². The Bertz CT molecular complexity index is 1340. The maximum Gasteiger partial charge on any atom is 0.255 e. The lowest BCUT2D eigenvalue weighted by Gasteiger charge is -2.50. The molecule has 0 aliphatic heterocycles. The fourth-order valence-electron chi connectivity index (χ4n) is 5.63. The molecule has 0 saturated heterocycles. The van der Waals surface area contributed by atoms with E-state index in [4.69, 9.17) is 10.2 Å². The predicted octanol–water partition coefficient (Wildman–Crippen LogP) is 1.22. The summed E-state index contributed by atoms with van der Waals surface area (Å²) in [5.74, 6) is -8.62. The maximum atomic E-state index is 13.6. The number of Topliss-reactive ketones (excluding diaryl/α,β-unsaturated/α-hetero) is 2. The highest BCUT2D eigenvalue weighted by molar-refractivity contribution is 6.23. The summed E-state index contributed by atoms with van der Waals surface area (Å²) in [7, 11) is 0. The minimum absolute atomic E-state index is 0.0827. The van der Waals surface area contributed by atoms with Crippen LogP contribution in [0.1, 0.15) is 30.4 Å². The maximum absolute atomic E-state index is 13.6. The number of benzene rings is 1. The number of amides is 1. The number of aliphatic hydroxyl groups is 4. The number of nitrogens with two attached hydrogens (primary N) is 1. The average Bonchev–Trinajstić information content (AvgIpc) is 3.31. The molecule has 0 spiro atoms. The molecule has 5 rings (SSSR count). The Morgan fingerprint density at radius 2 is 1.88 bits per heavy atom. The molecule has 10 nitrogen and oxygen atoms in total. The van der Waals surface area contributed by atoms with E-state index in [2.05, 4.69) is 0 Å². The number of carbonyl (C=O) groups is 3. The summed E-state index contributed by atoms with van der Waals surface area (Å²) in [5.41, 5.74) is 1.54. The van der Waals surface area contributed by atoms with Crippen LogP contribution in [0.5, 0.6) is 5.75 Å². The second-order valence-corrected chi connectivity index (χ2v) is 8.89. The van der Waals surface area contributed by atoms with Gasteiger partial charge in [-0.15, -0.1) is 0 Å². The lowest BCUT2D eigenvalue weighted by Crippen LogP contribution is -2.63. The quantitative estimate of drug-likeness (QED) is 0.352. The fourth-order valence-corrected chi connectivity index (χ4v) is 5.63. The highest BCUT2D eigenvalue weighted by Crippen LogP contribution is 2.56. The van der Waals surface area contributed by atoms with E-state index >= 15 is 0 Å². The summed E-state index contributed by atoms with van der Waals surface area (Å²) < 4.78 is 5.32.